The van der Waals surface area contributed by atoms with Crippen molar-refractivity contribution >= 4 is 12.0 Å². The van der Waals surface area contributed by atoms with Gasteiger partial charge in [-0.2, -0.15) is 0 Å². The summed E-state index contributed by atoms with van der Waals surface area (Å²) in [7, 11) is 2.24. The monoisotopic (exact) mass is 396 g/mol. The zero-order valence-corrected chi connectivity index (χ0v) is 19.1. The summed E-state index contributed by atoms with van der Waals surface area (Å²) in [5, 5.41) is 0. The topological polar surface area (TPSA) is 46.3 Å². The van der Waals surface area contributed by atoms with Gasteiger partial charge in [-0.3, -0.25) is 0 Å². The van der Waals surface area contributed by atoms with Crippen LogP contribution in [0.2, 0.25) is 0 Å². The van der Waals surface area contributed by atoms with E-state index >= 15 is 0 Å². The highest BCUT2D eigenvalue weighted by Gasteiger charge is 2.39. The Morgan fingerprint density at radius 3 is 2.10 bits per heavy atom. The Morgan fingerprint density at radius 2 is 1.52 bits per heavy atom. The highest BCUT2D eigenvalue weighted by Crippen LogP contribution is 2.45. The third-order valence-electron chi connectivity index (χ3n) is 5.70. The predicted octanol–water partition coefficient (Wildman–Crippen LogP) is 5.66. The van der Waals surface area contributed by atoms with Gasteiger partial charge < -0.3 is 15.4 Å². The molecule has 1 saturated heterocycles. The Balaban J connectivity index is 0.000000263. The van der Waals surface area contributed by atoms with Gasteiger partial charge in [0.1, 0.15) is 6.29 Å². The summed E-state index contributed by atoms with van der Waals surface area (Å²) in [5.41, 5.74) is 11.0. The van der Waals surface area contributed by atoms with Gasteiger partial charge in [0.15, 0.2) is 0 Å². The minimum atomic E-state index is 0.472. The van der Waals surface area contributed by atoms with Crippen molar-refractivity contribution in [3.8, 4) is 0 Å². The van der Waals surface area contributed by atoms with Crippen molar-refractivity contribution in [2.24, 2.45) is 0 Å². The zero-order valence-electron chi connectivity index (χ0n) is 19.1. The lowest BCUT2D eigenvalue weighted by Gasteiger charge is -2.38. The number of nitrogen functional groups attached to an aromatic ring is 1. The first-order valence-electron chi connectivity index (χ1n) is 11.2. The van der Waals surface area contributed by atoms with E-state index in [4.69, 9.17) is 5.73 Å². The van der Waals surface area contributed by atoms with E-state index in [2.05, 4.69) is 36.2 Å². The highest BCUT2D eigenvalue weighted by molar-refractivity contribution is 5.55. The highest BCUT2D eigenvalue weighted by atomic mass is 16.1. The molecule has 3 nitrogen and oxygen atoms in total. The molecule has 1 spiro atoms. The van der Waals surface area contributed by atoms with Crippen LogP contribution in [0, 0.1) is 0 Å². The molecule has 2 aromatic carbocycles. The minimum absolute atomic E-state index is 0.472. The second kappa shape index (κ2) is 13.2. The Morgan fingerprint density at radius 1 is 0.931 bits per heavy atom. The van der Waals surface area contributed by atoms with Crippen LogP contribution in [0.25, 0.3) is 0 Å². The second-order valence-corrected chi connectivity index (χ2v) is 7.35. The van der Waals surface area contributed by atoms with Gasteiger partial charge in [0, 0.05) is 12.1 Å². The maximum absolute atomic E-state index is 10.0. The summed E-state index contributed by atoms with van der Waals surface area (Å²) >= 11 is 0. The standard InChI is InChI=1S/C14H19N.C8H9NO.2C2H6/c1-15-10-8-14(9-11-15)7-6-12-4-2-3-5-13(12)14;9-8-3-1-7(2-4-8)5-6-10;2*1-2/h2-5H,6-11H2,1H3;1-4,6H,5,9H2;2*1-2H3. The SMILES string of the molecule is CC.CC.CN1CCC2(CCc3ccccc32)CC1.Nc1ccc(CC=O)cc1. The van der Waals surface area contributed by atoms with Crippen LogP contribution < -0.4 is 5.73 Å². The fourth-order valence-corrected chi connectivity index (χ4v) is 4.08. The molecule has 0 aromatic heterocycles. The average Bonchev–Trinajstić information content (AvgIpc) is 3.14. The molecule has 0 bridgehead atoms. The number of anilines is 1. The van der Waals surface area contributed by atoms with Crippen LogP contribution in [0.3, 0.4) is 0 Å². The predicted molar refractivity (Wildman–Crippen MR) is 126 cm³/mol. The molecule has 1 aliphatic carbocycles. The maximum atomic E-state index is 10.0. The molecule has 29 heavy (non-hydrogen) atoms. The van der Waals surface area contributed by atoms with Crippen LogP contribution in [0.5, 0.6) is 0 Å². The number of hydrogen-bond acceptors (Lipinski definition) is 3. The molecule has 0 unspecified atom stereocenters. The number of hydrogen-bond donors (Lipinski definition) is 1. The maximum Gasteiger partial charge on any atom is 0.124 e. The summed E-state index contributed by atoms with van der Waals surface area (Å²) in [6.07, 6.45) is 6.77. The van der Waals surface area contributed by atoms with E-state index in [1.165, 1.54) is 38.8 Å². The van der Waals surface area contributed by atoms with Crippen molar-refractivity contribution in [2.75, 3.05) is 25.9 Å². The van der Waals surface area contributed by atoms with E-state index < -0.39 is 0 Å². The molecule has 1 aliphatic heterocycles. The number of piperidine rings is 1. The number of likely N-dealkylation sites (tertiary alicyclic amines) is 1. The lowest BCUT2D eigenvalue weighted by molar-refractivity contribution is -0.107. The number of aldehydes is 1. The number of carbonyl (C=O) groups is 1. The third-order valence-corrected chi connectivity index (χ3v) is 5.70. The van der Waals surface area contributed by atoms with Gasteiger partial charge in [-0.15, -0.1) is 0 Å². The Hall–Kier alpha value is -2.13. The molecule has 1 fully saturated rings. The van der Waals surface area contributed by atoms with E-state index in [1.807, 2.05) is 39.8 Å². The average molecular weight is 397 g/mol. The lowest BCUT2D eigenvalue weighted by Crippen LogP contribution is -2.39. The summed E-state index contributed by atoms with van der Waals surface area (Å²) in [6.45, 7) is 10.5. The summed E-state index contributed by atoms with van der Waals surface area (Å²) in [4.78, 5) is 12.5. The number of nitrogens with two attached hydrogens (primary N) is 1. The Labute approximate surface area is 178 Å². The fourth-order valence-electron chi connectivity index (χ4n) is 4.08. The number of carbonyl (C=O) groups excluding carboxylic acids is 1. The summed E-state index contributed by atoms with van der Waals surface area (Å²) in [6, 6.07) is 16.4. The normalized spacial score (nSPS) is 16.2. The van der Waals surface area contributed by atoms with Gasteiger partial charge >= 0.3 is 0 Å². The first kappa shape index (κ1) is 24.9. The minimum Gasteiger partial charge on any atom is -0.399 e. The van der Waals surface area contributed by atoms with Crippen molar-refractivity contribution < 1.29 is 4.79 Å². The molecule has 4 rings (SSSR count). The van der Waals surface area contributed by atoms with Gasteiger partial charge in [0.2, 0.25) is 0 Å². The van der Waals surface area contributed by atoms with Crippen LogP contribution in [-0.2, 0) is 23.1 Å². The quantitative estimate of drug-likeness (QED) is 0.526. The van der Waals surface area contributed by atoms with Crippen molar-refractivity contribution in [3.05, 3.63) is 65.2 Å². The van der Waals surface area contributed by atoms with Crippen LogP contribution in [-0.4, -0.2) is 31.3 Å². The molecule has 160 valence electrons. The number of aryl methyl sites for hydroxylation is 1. The first-order chi connectivity index (χ1) is 14.1. The Kier molecular flexibility index (Phi) is 11.3. The van der Waals surface area contributed by atoms with Gasteiger partial charge in [-0.1, -0.05) is 64.1 Å². The van der Waals surface area contributed by atoms with Gasteiger partial charge in [0.05, 0.1) is 0 Å². The van der Waals surface area contributed by atoms with Crippen molar-refractivity contribution in [1.82, 2.24) is 4.90 Å². The van der Waals surface area contributed by atoms with E-state index in [0.29, 0.717) is 11.8 Å². The number of benzene rings is 2. The molecule has 0 radical (unpaired) electrons. The van der Waals surface area contributed by atoms with E-state index in [9.17, 15) is 4.79 Å². The molecule has 0 saturated carbocycles. The van der Waals surface area contributed by atoms with Gasteiger partial charge in [0.25, 0.3) is 0 Å². The zero-order chi connectivity index (χ0) is 21.7. The number of rotatable bonds is 2. The number of nitrogens with zero attached hydrogens (tertiary/aromatic N) is 1. The van der Waals surface area contributed by atoms with Crippen LogP contribution in [0.4, 0.5) is 5.69 Å². The molecular weight excluding hydrogens is 356 g/mol. The van der Waals surface area contributed by atoms with Crippen molar-refractivity contribution in [2.45, 2.75) is 65.2 Å². The molecular formula is C26H40N2O. The van der Waals surface area contributed by atoms with Gasteiger partial charge in [-0.25, -0.2) is 0 Å². The van der Waals surface area contributed by atoms with Crippen LogP contribution in [0.1, 0.15) is 63.6 Å². The van der Waals surface area contributed by atoms with E-state index in [0.717, 1.165) is 17.5 Å². The summed E-state index contributed by atoms with van der Waals surface area (Å²) in [5.74, 6) is 0. The van der Waals surface area contributed by atoms with E-state index in [-0.39, 0.29) is 0 Å². The van der Waals surface area contributed by atoms with Crippen molar-refractivity contribution in [1.29, 1.82) is 0 Å². The second-order valence-electron chi connectivity index (χ2n) is 7.35. The van der Waals surface area contributed by atoms with Crippen LogP contribution >= 0.6 is 0 Å². The molecule has 1 heterocycles. The summed E-state index contributed by atoms with van der Waals surface area (Å²) < 4.78 is 0. The van der Waals surface area contributed by atoms with E-state index in [1.54, 1.807) is 23.3 Å². The molecule has 2 aliphatic rings. The van der Waals surface area contributed by atoms with Crippen LogP contribution in [0.15, 0.2) is 48.5 Å². The van der Waals surface area contributed by atoms with Gasteiger partial charge in [-0.05, 0) is 80.1 Å². The lowest BCUT2D eigenvalue weighted by atomic mass is 9.74. The molecule has 2 N–H and O–H groups in total. The molecule has 2 aromatic rings. The third kappa shape index (κ3) is 7.01. The molecule has 3 heteroatoms. The largest absolute Gasteiger partial charge is 0.399 e. The smallest absolute Gasteiger partial charge is 0.124 e. The number of fused-ring (bicyclic) bond motifs is 2. The van der Waals surface area contributed by atoms with Crippen molar-refractivity contribution in [3.63, 3.8) is 0 Å². The fraction of sp³-hybridized carbons (Fsp3) is 0.500. The first-order valence-corrected chi connectivity index (χ1v) is 11.2. The Bertz CT molecular complexity index is 701. The molecule has 0 amide bonds. The molecule has 0 atom stereocenters.